The lowest BCUT2D eigenvalue weighted by molar-refractivity contribution is -0.173. The lowest BCUT2D eigenvalue weighted by Crippen LogP contribution is -2.42. The van der Waals surface area contributed by atoms with E-state index in [1.165, 1.54) is 0 Å². The molecule has 0 aromatic rings. The van der Waals surface area contributed by atoms with E-state index in [1.54, 1.807) is 13.8 Å². The van der Waals surface area contributed by atoms with Crippen LogP contribution in [0, 0.1) is 5.41 Å². The molecule has 0 unspecified atom stereocenters. The molecule has 5 nitrogen and oxygen atoms in total. The second-order valence-electron chi connectivity index (χ2n) is 3.69. The van der Waals surface area contributed by atoms with Crippen molar-refractivity contribution < 1.29 is 23.9 Å². The molecule has 18 heavy (non-hydrogen) atoms. The monoisotopic (exact) mass is 370 g/mol. The Kier molecular flexibility index (Phi) is 8.95. The predicted molar refractivity (Wildman–Crippen MR) is 74.5 cm³/mol. The number of hydrogen-bond acceptors (Lipinski definition) is 5. The highest BCUT2D eigenvalue weighted by atomic mass is 127. The van der Waals surface area contributed by atoms with Gasteiger partial charge >= 0.3 is 11.9 Å². The minimum absolute atomic E-state index is 0.170. The number of rotatable bonds is 9. The van der Waals surface area contributed by atoms with Crippen LogP contribution in [0.15, 0.2) is 0 Å². The molecule has 0 amide bonds. The van der Waals surface area contributed by atoms with Gasteiger partial charge in [0.2, 0.25) is 0 Å². The number of hydrogen-bond donors (Lipinski definition) is 0. The largest absolute Gasteiger partial charge is 0.465 e. The zero-order chi connectivity index (χ0) is 14.0. The van der Waals surface area contributed by atoms with E-state index in [-0.39, 0.29) is 26.1 Å². The van der Waals surface area contributed by atoms with E-state index in [2.05, 4.69) is 22.6 Å². The summed E-state index contributed by atoms with van der Waals surface area (Å²) in [5.74, 6) is -1.33. The third kappa shape index (κ3) is 4.55. The quantitative estimate of drug-likeness (QED) is 0.204. The Morgan fingerprint density at radius 2 is 1.67 bits per heavy atom. The van der Waals surface area contributed by atoms with Crippen LogP contribution in [0.1, 0.15) is 33.1 Å². The molecule has 104 valence electrons. The lowest BCUT2D eigenvalue weighted by atomic mass is 9.80. The van der Waals surface area contributed by atoms with Crippen molar-refractivity contribution in [3.63, 3.8) is 0 Å². The van der Waals surface area contributed by atoms with Crippen LogP contribution in [0.4, 0.5) is 0 Å². The van der Waals surface area contributed by atoms with Crippen LogP contribution in [-0.2, 0) is 23.9 Å². The molecule has 0 spiro atoms. The van der Waals surface area contributed by atoms with Gasteiger partial charge in [0.1, 0.15) is 6.29 Å². The van der Waals surface area contributed by atoms with Gasteiger partial charge in [-0.1, -0.05) is 22.6 Å². The standard InChI is InChI=1S/C12H19IO5/c1-3-17-10(15)12(7-9-14,6-5-8-13)11(16)18-4-2/h9H,3-8H2,1-2H3. The zero-order valence-electron chi connectivity index (χ0n) is 10.7. The first-order valence-corrected chi connectivity index (χ1v) is 7.45. The fraction of sp³-hybridized carbons (Fsp3) is 0.750. The number of halogens is 1. The number of ether oxygens (including phenoxy) is 2. The summed E-state index contributed by atoms with van der Waals surface area (Å²) in [6.45, 7) is 3.66. The molecule has 0 N–H and O–H groups in total. The van der Waals surface area contributed by atoms with Crippen molar-refractivity contribution in [2.45, 2.75) is 33.1 Å². The maximum atomic E-state index is 12.0. The molecule has 0 bridgehead atoms. The van der Waals surface area contributed by atoms with Crippen LogP contribution < -0.4 is 0 Å². The van der Waals surface area contributed by atoms with Gasteiger partial charge in [-0.05, 0) is 31.1 Å². The van der Waals surface area contributed by atoms with Crippen molar-refractivity contribution >= 4 is 40.8 Å². The van der Waals surface area contributed by atoms with Gasteiger partial charge in [-0.3, -0.25) is 9.59 Å². The SMILES string of the molecule is CCOC(=O)C(CC=O)(CCCI)C(=O)OCC. The van der Waals surface area contributed by atoms with Crippen LogP contribution in [-0.4, -0.2) is 35.9 Å². The van der Waals surface area contributed by atoms with Crippen LogP contribution in [0.3, 0.4) is 0 Å². The highest BCUT2D eigenvalue weighted by Crippen LogP contribution is 2.31. The highest BCUT2D eigenvalue weighted by molar-refractivity contribution is 14.1. The Hall–Kier alpha value is -0.660. The van der Waals surface area contributed by atoms with E-state index in [4.69, 9.17) is 9.47 Å². The van der Waals surface area contributed by atoms with Crippen LogP contribution >= 0.6 is 22.6 Å². The van der Waals surface area contributed by atoms with Crippen molar-refractivity contribution in [3.05, 3.63) is 0 Å². The molecule has 0 aliphatic heterocycles. The van der Waals surface area contributed by atoms with Crippen LogP contribution in [0.5, 0.6) is 0 Å². The molecule has 0 aliphatic carbocycles. The summed E-state index contributed by atoms with van der Waals surface area (Å²) in [6, 6.07) is 0. The van der Waals surface area contributed by atoms with Crippen molar-refractivity contribution in [3.8, 4) is 0 Å². The summed E-state index contributed by atoms with van der Waals surface area (Å²) < 4.78 is 10.6. The molecule has 0 atom stereocenters. The molecule has 0 heterocycles. The second-order valence-corrected chi connectivity index (χ2v) is 4.77. The maximum absolute atomic E-state index is 12.0. The van der Waals surface area contributed by atoms with E-state index in [0.29, 0.717) is 12.7 Å². The summed E-state index contributed by atoms with van der Waals surface area (Å²) in [5.41, 5.74) is -1.47. The van der Waals surface area contributed by atoms with Crippen LogP contribution in [0.25, 0.3) is 0 Å². The fourth-order valence-electron chi connectivity index (χ4n) is 1.61. The number of carbonyl (C=O) groups is 3. The fourth-order valence-corrected chi connectivity index (χ4v) is 1.99. The Balaban J connectivity index is 5.18. The van der Waals surface area contributed by atoms with Crippen molar-refractivity contribution in [2.75, 3.05) is 17.6 Å². The number of aldehydes is 1. The molecule has 0 saturated heterocycles. The first kappa shape index (κ1) is 17.3. The van der Waals surface area contributed by atoms with E-state index in [9.17, 15) is 14.4 Å². The summed E-state index contributed by atoms with van der Waals surface area (Å²) >= 11 is 2.15. The Morgan fingerprint density at radius 3 is 2.00 bits per heavy atom. The molecule has 6 heteroatoms. The first-order valence-electron chi connectivity index (χ1n) is 5.93. The normalized spacial score (nSPS) is 10.8. The van der Waals surface area contributed by atoms with Crippen LogP contribution in [0.2, 0.25) is 0 Å². The molecule has 0 aliphatic rings. The van der Waals surface area contributed by atoms with Crippen molar-refractivity contribution in [2.24, 2.45) is 5.41 Å². The average molecular weight is 370 g/mol. The number of carbonyl (C=O) groups excluding carboxylic acids is 3. The molecule has 0 saturated carbocycles. The second kappa shape index (κ2) is 9.29. The minimum Gasteiger partial charge on any atom is -0.465 e. The molecule has 0 rings (SSSR count). The first-order chi connectivity index (χ1) is 8.58. The summed E-state index contributed by atoms with van der Waals surface area (Å²) in [6.07, 6.45) is 1.29. The number of esters is 2. The van der Waals surface area contributed by atoms with E-state index in [0.717, 1.165) is 4.43 Å². The third-order valence-corrected chi connectivity index (χ3v) is 3.26. The van der Waals surface area contributed by atoms with Gasteiger partial charge in [0.15, 0.2) is 5.41 Å². The summed E-state index contributed by atoms with van der Waals surface area (Å²) in [7, 11) is 0. The van der Waals surface area contributed by atoms with Gasteiger partial charge in [-0.15, -0.1) is 0 Å². The Morgan fingerprint density at radius 1 is 1.17 bits per heavy atom. The van der Waals surface area contributed by atoms with E-state index in [1.807, 2.05) is 0 Å². The predicted octanol–water partition coefficient (Wildman–Crippen LogP) is 1.90. The number of alkyl halides is 1. The molecule has 0 fully saturated rings. The zero-order valence-corrected chi connectivity index (χ0v) is 12.9. The molecule has 0 aromatic heterocycles. The summed E-state index contributed by atoms with van der Waals surface area (Å²) in [5, 5.41) is 0. The van der Waals surface area contributed by atoms with Gasteiger partial charge in [0.05, 0.1) is 13.2 Å². The lowest BCUT2D eigenvalue weighted by Gasteiger charge is -2.27. The maximum Gasteiger partial charge on any atom is 0.323 e. The molecular formula is C12H19IO5. The average Bonchev–Trinajstić information content (AvgIpc) is 2.35. The van der Waals surface area contributed by atoms with Gasteiger partial charge in [-0.2, -0.15) is 0 Å². The van der Waals surface area contributed by atoms with E-state index >= 15 is 0 Å². The van der Waals surface area contributed by atoms with Gasteiger partial charge in [0.25, 0.3) is 0 Å². The third-order valence-electron chi connectivity index (χ3n) is 2.50. The minimum atomic E-state index is -1.47. The Bertz CT molecular complexity index is 272. The van der Waals surface area contributed by atoms with Gasteiger partial charge < -0.3 is 14.3 Å². The highest BCUT2D eigenvalue weighted by Gasteiger charge is 2.48. The smallest absolute Gasteiger partial charge is 0.323 e. The van der Waals surface area contributed by atoms with Crippen molar-refractivity contribution in [1.82, 2.24) is 0 Å². The molecule has 0 radical (unpaired) electrons. The molecular weight excluding hydrogens is 351 g/mol. The Labute approximate surface area is 121 Å². The summed E-state index contributed by atoms with van der Waals surface area (Å²) in [4.78, 5) is 34.8. The topological polar surface area (TPSA) is 69.7 Å². The van der Waals surface area contributed by atoms with E-state index < -0.39 is 17.4 Å². The van der Waals surface area contributed by atoms with Gasteiger partial charge in [-0.25, -0.2) is 0 Å². The molecule has 0 aromatic carbocycles. The van der Waals surface area contributed by atoms with Crippen molar-refractivity contribution in [1.29, 1.82) is 0 Å². The van der Waals surface area contributed by atoms with Gasteiger partial charge in [0, 0.05) is 6.42 Å².